The van der Waals surface area contributed by atoms with Crippen LogP contribution >= 0.6 is 11.3 Å². The van der Waals surface area contributed by atoms with E-state index in [-0.39, 0.29) is 41.2 Å². The highest BCUT2D eigenvalue weighted by Gasteiger charge is 2.37. The van der Waals surface area contributed by atoms with E-state index in [1.807, 2.05) is 0 Å². The largest absolute Gasteiger partial charge is 0.522 e. The van der Waals surface area contributed by atoms with Crippen LogP contribution in [0, 0.1) is 0 Å². The van der Waals surface area contributed by atoms with Crippen LogP contribution in [-0.2, 0) is 15.7 Å². The number of thiophene rings is 1. The molecule has 0 bridgehead atoms. The third-order valence-electron chi connectivity index (χ3n) is 4.74. The number of nitrogens with zero attached hydrogens (tertiary/aromatic N) is 2. The van der Waals surface area contributed by atoms with Crippen LogP contribution in [0.3, 0.4) is 0 Å². The molecule has 8 nitrogen and oxygen atoms in total. The van der Waals surface area contributed by atoms with Crippen molar-refractivity contribution < 1.29 is 50.1 Å². The summed E-state index contributed by atoms with van der Waals surface area (Å²) in [6, 6.07) is 0.726. The van der Waals surface area contributed by atoms with Crippen LogP contribution in [-0.4, -0.2) is 67.2 Å². The van der Waals surface area contributed by atoms with E-state index in [1.54, 1.807) is 0 Å². The molecule has 3 rings (SSSR count). The number of ether oxygens (including phenoxy) is 3. The number of rotatable bonds is 6. The number of likely N-dealkylation sites (tertiary alicyclic amines) is 1. The number of fused-ring (bicyclic) bond motifs is 1. The third-order valence-corrected chi connectivity index (χ3v) is 5.75. The topological polar surface area (TPSA) is 90.0 Å². The van der Waals surface area contributed by atoms with Crippen molar-refractivity contribution in [3.8, 4) is 5.88 Å². The molecule has 3 heterocycles. The van der Waals surface area contributed by atoms with E-state index in [0.29, 0.717) is 0 Å². The zero-order valence-corrected chi connectivity index (χ0v) is 18.6. The predicted octanol–water partition coefficient (Wildman–Crippen LogP) is 4.19. The van der Waals surface area contributed by atoms with Crippen molar-refractivity contribution in [1.29, 1.82) is 0 Å². The second-order valence-corrected chi connectivity index (χ2v) is 8.22. The number of halogens is 6. The Labute approximate surface area is 192 Å². The number of amides is 2. The Balaban J connectivity index is 1.70. The first-order chi connectivity index (χ1) is 15.8. The zero-order chi connectivity index (χ0) is 25.3. The van der Waals surface area contributed by atoms with E-state index >= 15 is 0 Å². The van der Waals surface area contributed by atoms with Crippen LogP contribution in [0.1, 0.15) is 29.3 Å². The van der Waals surface area contributed by atoms with Gasteiger partial charge in [-0.2, -0.15) is 13.2 Å². The Hall–Kier alpha value is -2.81. The standard InChI is InChI=1S/C19H19F6N3O5S/c1-9(33-19(23,24)25)7-31-17(30)28-4-3-10(6-28)32-13-5-12(18(20,21)22)15-14(27-13)11(8-34-15)16(29)26-2/h5,8-10H,3-4,6-7H2,1-2H3,(H,26,29)/t9-,10-/m0/s1. The lowest BCUT2D eigenvalue weighted by Gasteiger charge is -2.19. The van der Waals surface area contributed by atoms with Gasteiger partial charge in [0.05, 0.1) is 34.0 Å². The second kappa shape index (κ2) is 9.82. The van der Waals surface area contributed by atoms with Gasteiger partial charge in [-0.3, -0.25) is 9.53 Å². The fraction of sp³-hybridized carbons (Fsp3) is 0.526. The molecular formula is C19H19F6N3O5S. The van der Waals surface area contributed by atoms with Crippen LogP contribution in [0.5, 0.6) is 5.88 Å². The summed E-state index contributed by atoms with van der Waals surface area (Å²) >= 11 is 0.729. The van der Waals surface area contributed by atoms with Crippen molar-refractivity contribution >= 4 is 33.6 Å². The van der Waals surface area contributed by atoms with E-state index in [9.17, 15) is 35.9 Å². The first kappa shape index (κ1) is 25.8. The van der Waals surface area contributed by atoms with Gasteiger partial charge in [0.25, 0.3) is 5.91 Å². The van der Waals surface area contributed by atoms with Crippen molar-refractivity contribution in [3.05, 3.63) is 22.6 Å². The molecule has 0 aromatic carbocycles. The quantitative estimate of drug-likeness (QED) is 0.581. The van der Waals surface area contributed by atoms with Crippen LogP contribution in [0.2, 0.25) is 0 Å². The number of hydrogen-bond donors (Lipinski definition) is 1. The molecule has 2 amide bonds. The molecule has 0 aliphatic carbocycles. The van der Waals surface area contributed by atoms with Gasteiger partial charge in [0, 0.05) is 31.5 Å². The van der Waals surface area contributed by atoms with Gasteiger partial charge in [-0.15, -0.1) is 24.5 Å². The molecule has 188 valence electrons. The Morgan fingerprint density at radius 1 is 1.29 bits per heavy atom. The minimum absolute atomic E-state index is 0.0368. The van der Waals surface area contributed by atoms with Crippen LogP contribution in [0.4, 0.5) is 31.1 Å². The van der Waals surface area contributed by atoms with Gasteiger partial charge in [-0.25, -0.2) is 9.78 Å². The molecule has 1 aliphatic rings. The average molecular weight is 515 g/mol. The smallest absolute Gasteiger partial charge is 0.472 e. The van der Waals surface area contributed by atoms with Crippen LogP contribution < -0.4 is 10.1 Å². The Bertz CT molecular complexity index is 1060. The lowest BCUT2D eigenvalue weighted by Crippen LogP contribution is -2.34. The fourth-order valence-corrected chi connectivity index (χ4v) is 4.28. The summed E-state index contributed by atoms with van der Waals surface area (Å²) in [6.07, 6.45) is -12.5. The second-order valence-electron chi connectivity index (χ2n) is 7.34. The van der Waals surface area contributed by atoms with Crippen molar-refractivity contribution in [3.63, 3.8) is 0 Å². The summed E-state index contributed by atoms with van der Waals surface area (Å²) in [4.78, 5) is 29.3. The monoisotopic (exact) mass is 515 g/mol. The van der Waals surface area contributed by atoms with Crippen molar-refractivity contribution in [1.82, 2.24) is 15.2 Å². The van der Waals surface area contributed by atoms with Gasteiger partial charge in [-0.1, -0.05) is 0 Å². The molecule has 0 radical (unpaired) electrons. The van der Waals surface area contributed by atoms with E-state index in [2.05, 4.69) is 15.0 Å². The number of carbonyl (C=O) groups excluding carboxylic acids is 2. The minimum Gasteiger partial charge on any atom is -0.472 e. The lowest BCUT2D eigenvalue weighted by atomic mass is 10.2. The number of nitrogens with one attached hydrogen (secondary N) is 1. The van der Waals surface area contributed by atoms with Gasteiger partial charge < -0.3 is 19.7 Å². The summed E-state index contributed by atoms with van der Waals surface area (Å²) in [6.45, 7) is 0.455. The zero-order valence-electron chi connectivity index (χ0n) is 17.7. The summed E-state index contributed by atoms with van der Waals surface area (Å²) in [5.74, 6) is -0.988. The number of aromatic nitrogens is 1. The predicted molar refractivity (Wildman–Crippen MR) is 107 cm³/mol. The Kier molecular flexibility index (Phi) is 7.45. The maximum atomic E-state index is 13.6. The maximum Gasteiger partial charge on any atom is 0.522 e. The summed E-state index contributed by atoms with van der Waals surface area (Å²) in [5.41, 5.74) is -1.21. The van der Waals surface area contributed by atoms with Crippen molar-refractivity contribution in [2.24, 2.45) is 0 Å². The summed E-state index contributed by atoms with van der Waals surface area (Å²) in [5, 5.41) is 3.61. The SMILES string of the molecule is CNC(=O)c1csc2c(C(F)(F)F)cc(O[C@H]3CCN(C(=O)OC[C@H](C)OC(F)(F)F)C3)nc12. The highest BCUT2D eigenvalue weighted by Crippen LogP contribution is 2.40. The molecule has 1 saturated heterocycles. The van der Waals surface area contributed by atoms with E-state index in [4.69, 9.17) is 9.47 Å². The highest BCUT2D eigenvalue weighted by atomic mass is 32.1. The highest BCUT2D eigenvalue weighted by molar-refractivity contribution is 7.17. The van der Waals surface area contributed by atoms with Crippen molar-refractivity contribution in [2.45, 2.75) is 38.1 Å². The first-order valence-corrected chi connectivity index (χ1v) is 10.7. The molecule has 0 saturated carbocycles. The van der Waals surface area contributed by atoms with Gasteiger partial charge in [0.1, 0.15) is 12.7 Å². The van der Waals surface area contributed by atoms with Gasteiger partial charge in [-0.05, 0) is 6.92 Å². The number of alkyl halides is 6. The first-order valence-electron chi connectivity index (χ1n) is 9.83. The van der Waals surface area contributed by atoms with Gasteiger partial charge in [0.2, 0.25) is 5.88 Å². The molecule has 1 N–H and O–H groups in total. The maximum absolute atomic E-state index is 13.6. The number of pyridine rings is 1. The molecule has 0 unspecified atom stereocenters. The molecule has 1 fully saturated rings. The van der Waals surface area contributed by atoms with E-state index < -0.39 is 48.9 Å². The Morgan fingerprint density at radius 3 is 2.62 bits per heavy atom. The number of carbonyl (C=O) groups is 2. The molecule has 1 aliphatic heterocycles. The van der Waals surface area contributed by atoms with Crippen LogP contribution in [0.25, 0.3) is 10.2 Å². The normalized spacial score (nSPS) is 17.6. The molecular weight excluding hydrogens is 496 g/mol. The molecule has 2 atom stereocenters. The van der Waals surface area contributed by atoms with Crippen LogP contribution in [0.15, 0.2) is 11.4 Å². The molecule has 2 aromatic heterocycles. The van der Waals surface area contributed by atoms with Gasteiger partial charge in [0.15, 0.2) is 0 Å². The van der Waals surface area contributed by atoms with E-state index in [0.717, 1.165) is 29.2 Å². The molecule has 2 aromatic rings. The summed E-state index contributed by atoms with van der Waals surface area (Å²) in [7, 11) is 1.33. The Morgan fingerprint density at radius 2 is 2.00 bits per heavy atom. The number of hydrogen-bond acceptors (Lipinski definition) is 7. The third kappa shape index (κ3) is 6.20. The summed E-state index contributed by atoms with van der Waals surface area (Å²) < 4.78 is 91.2. The molecule has 34 heavy (non-hydrogen) atoms. The lowest BCUT2D eigenvalue weighted by molar-refractivity contribution is -0.342. The minimum atomic E-state index is -4.87. The molecule has 15 heteroatoms. The fourth-order valence-electron chi connectivity index (χ4n) is 3.26. The molecule has 0 spiro atoms. The van der Waals surface area contributed by atoms with Crippen molar-refractivity contribution in [2.75, 3.05) is 26.7 Å². The van der Waals surface area contributed by atoms with Gasteiger partial charge >= 0.3 is 18.6 Å². The van der Waals surface area contributed by atoms with E-state index in [1.165, 1.54) is 12.4 Å². The average Bonchev–Trinajstić information content (AvgIpc) is 3.36.